The predicted molar refractivity (Wildman–Crippen MR) is 68.0 cm³/mol. The quantitative estimate of drug-likeness (QED) is 0.911. The molecule has 6 heteroatoms. The van der Waals surface area contributed by atoms with Crippen LogP contribution in [0.1, 0.15) is 21.5 Å². The predicted octanol–water partition coefficient (Wildman–Crippen LogP) is 2.57. The fraction of sp³-hybridized carbons (Fsp3) is 0.182. The van der Waals surface area contributed by atoms with Gasteiger partial charge in [-0.2, -0.15) is 0 Å². The van der Waals surface area contributed by atoms with Crippen LogP contribution in [0.4, 0.5) is 0 Å². The Morgan fingerprint density at radius 2 is 2.35 bits per heavy atom. The monoisotopic (exact) mass is 315 g/mol. The number of hydrogen-bond donors (Lipinski definition) is 2. The molecule has 0 aliphatic carbocycles. The van der Waals surface area contributed by atoms with Crippen LogP contribution in [0.3, 0.4) is 0 Å². The molecule has 4 nitrogen and oxygen atoms in total. The van der Waals surface area contributed by atoms with Crippen molar-refractivity contribution in [2.24, 2.45) is 0 Å². The number of hydrogen-bond acceptors (Lipinski definition) is 4. The molecular weight excluding hydrogens is 306 g/mol. The Labute approximate surface area is 110 Å². The Morgan fingerprint density at radius 1 is 1.53 bits per heavy atom. The number of rotatable bonds is 4. The number of aliphatic hydroxyl groups excluding tert-OH is 1. The summed E-state index contributed by atoms with van der Waals surface area (Å²) in [4.78, 5) is 12.4. The summed E-state index contributed by atoms with van der Waals surface area (Å²) in [6.07, 6.45) is 1.51. The lowest BCUT2D eigenvalue weighted by molar-refractivity contribution is 0.0911. The first kappa shape index (κ1) is 12.3. The van der Waals surface area contributed by atoms with E-state index in [0.29, 0.717) is 10.6 Å². The molecule has 2 N–H and O–H groups in total. The van der Waals surface area contributed by atoms with Crippen LogP contribution in [-0.2, 0) is 0 Å². The van der Waals surface area contributed by atoms with Gasteiger partial charge in [0, 0.05) is 0 Å². The molecule has 2 heterocycles. The molecule has 0 aromatic carbocycles. The third kappa shape index (κ3) is 2.96. The summed E-state index contributed by atoms with van der Waals surface area (Å²) in [7, 11) is 0. The zero-order valence-corrected chi connectivity index (χ0v) is 11.1. The summed E-state index contributed by atoms with van der Waals surface area (Å²) in [6.45, 7) is -0.203. The van der Waals surface area contributed by atoms with E-state index in [9.17, 15) is 9.90 Å². The molecule has 2 aromatic heterocycles. The average Bonchev–Trinajstić information content (AvgIpc) is 2.96. The summed E-state index contributed by atoms with van der Waals surface area (Å²) in [6, 6.07) is 6.44. The van der Waals surface area contributed by atoms with E-state index in [2.05, 4.69) is 21.2 Å². The summed E-state index contributed by atoms with van der Waals surface area (Å²) < 4.78 is 6.04. The minimum absolute atomic E-state index is 0.203. The van der Waals surface area contributed by atoms with E-state index in [4.69, 9.17) is 4.42 Å². The Hall–Kier alpha value is -1.11. The highest BCUT2D eigenvalue weighted by Gasteiger charge is 2.18. The summed E-state index contributed by atoms with van der Waals surface area (Å²) in [5.41, 5.74) is 0. The number of nitrogens with one attached hydrogen (secondary N) is 1. The molecule has 0 saturated carbocycles. The van der Waals surface area contributed by atoms with E-state index in [1.165, 1.54) is 17.6 Å². The second-order valence-corrected chi connectivity index (χ2v) is 5.79. The molecule has 0 aliphatic rings. The highest BCUT2D eigenvalue weighted by molar-refractivity contribution is 9.11. The van der Waals surface area contributed by atoms with Crippen LogP contribution >= 0.6 is 27.3 Å². The smallest absolute Gasteiger partial charge is 0.262 e. The fourth-order valence-electron chi connectivity index (χ4n) is 1.36. The Morgan fingerprint density at radius 3 is 2.88 bits per heavy atom. The molecular formula is C11H10BrNO3S. The molecule has 17 heavy (non-hydrogen) atoms. The molecule has 0 bridgehead atoms. The van der Waals surface area contributed by atoms with Crippen LogP contribution < -0.4 is 5.32 Å². The molecule has 1 unspecified atom stereocenters. The lowest BCUT2D eigenvalue weighted by Gasteiger charge is -2.12. The molecule has 0 saturated heterocycles. The SMILES string of the molecule is O=C(NC(CO)c1ccco1)c1ccc(Br)s1. The normalized spacial score (nSPS) is 12.4. The van der Waals surface area contributed by atoms with Gasteiger partial charge in [0.15, 0.2) is 0 Å². The second kappa shape index (κ2) is 5.48. The maximum Gasteiger partial charge on any atom is 0.262 e. The maximum atomic E-state index is 11.8. The van der Waals surface area contributed by atoms with E-state index < -0.39 is 6.04 Å². The van der Waals surface area contributed by atoms with Crippen molar-refractivity contribution in [1.29, 1.82) is 0 Å². The van der Waals surface area contributed by atoms with Gasteiger partial charge in [0.05, 0.1) is 21.5 Å². The van der Waals surface area contributed by atoms with E-state index in [-0.39, 0.29) is 12.5 Å². The highest BCUT2D eigenvalue weighted by atomic mass is 79.9. The van der Waals surface area contributed by atoms with Crippen LogP contribution in [0.15, 0.2) is 38.7 Å². The van der Waals surface area contributed by atoms with Crippen LogP contribution in [-0.4, -0.2) is 17.6 Å². The molecule has 1 amide bonds. The molecule has 0 fully saturated rings. The first-order chi connectivity index (χ1) is 8.20. The van der Waals surface area contributed by atoms with Gasteiger partial charge >= 0.3 is 0 Å². The van der Waals surface area contributed by atoms with Gasteiger partial charge in [0.2, 0.25) is 0 Å². The van der Waals surface area contributed by atoms with E-state index in [1.54, 1.807) is 24.3 Å². The standard InChI is InChI=1S/C11H10BrNO3S/c12-10-4-3-9(17-10)11(15)13-7(6-14)8-2-1-5-16-8/h1-5,7,14H,6H2,(H,13,15). The van der Waals surface area contributed by atoms with Crippen LogP contribution in [0.2, 0.25) is 0 Å². The van der Waals surface area contributed by atoms with Gasteiger partial charge in [-0.3, -0.25) is 4.79 Å². The van der Waals surface area contributed by atoms with Gasteiger partial charge in [-0.15, -0.1) is 11.3 Å². The molecule has 0 spiro atoms. The van der Waals surface area contributed by atoms with E-state index in [1.807, 2.05) is 0 Å². The van der Waals surface area contributed by atoms with E-state index in [0.717, 1.165) is 3.79 Å². The number of halogens is 1. The zero-order chi connectivity index (χ0) is 12.3. The number of thiophene rings is 1. The molecule has 2 rings (SSSR count). The Kier molecular flexibility index (Phi) is 3.98. The van der Waals surface area contributed by atoms with Gasteiger partial charge in [-0.25, -0.2) is 0 Å². The largest absolute Gasteiger partial charge is 0.467 e. The van der Waals surface area contributed by atoms with Crippen LogP contribution in [0, 0.1) is 0 Å². The van der Waals surface area contributed by atoms with Crippen molar-refractivity contribution in [2.45, 2.75) is 6.04 Å². The molecule has 2 aromatic rings. The van der Waals surface area contributed by atoms with Crippen LogP contribution in [0.5, 0.6) is 0 Å². The minimum atomic E-state index is -0.515. The average molecular weight is 316 g/mol. The summed E-state index contributed by atoms with van der Waals surface area (Å²) in [5.74, 6) is 0.313. The fourth-order valence-corrected chi connectivity index (χ4v) is 2.65. The van der Waals surface area contributed by atoms with Crippen LogP contribution in [0.25, 0.3) is 0 Å². The first-order valence-corrected chi connectivity index (χ1v) is 6.52. The topological polar surface area (TPSA) is 62.5 Å². The molecule has 0 radical (unpaired) electrons. The van der Waals surface area contributed by atoms with Crippen molar-refractivity contribution < 1.29 is 14.3 Å². The van der Waals surface area contributed by atoms with Crippen molar-refractivity contribution >= 4 is 33.2 Å². The lowest BCUT2D eigenvalue weighted by atomic mass is 10.2. The number of carbonyl (C=O) groups is 1. The van der Waals surface area contributed by atoms with E-state index >= 15 is 0 Å². The number of carbonyl (C=O) groups excluding carboxylic acids is 1. The van der Waals surface area contributed by atoms with Crippen molar-refractivity contribution in [3.63, 3.8) is 0 Å². The number of amides is 1. The first-order valence-electron chi connectivity index (χ1n) is 4.91. The summed E-state index contributed by atoms with van der Waals surface area (Å²) >= 11 is 4.63. The maximum absolute atomic E-state index is 11.8. The molecule has 90 valence electrons. The Bertz CT molecular complexity index is 495. The minimum Gasteiger partial charge on any atom is -0.467 e. The lowest BCUT2D eigenvalue weighted by Crippen LogP contribution is -2.29. The van der Waals surface area contributed by atoms with Gasteiger partial charge in [-0.05, 0) is 40.2 Å². The Balaban J connectivity index is 2.07. The van der Waals surface area contributed by atoms with Gasteiger partial charge < -0.3 is 14.8 Å². The highest BCUT2D eigenvalue weighted by Crippen LogP contribution is 2.23. The molecule has 0 aliphatic heterocycles. The van der Waals surface area contributed by atoms with Crippen molar-refractivity contribution in [2.75, 3.05) is 6.61 Å². The van der Waals surface area contributed by atoms with Crippen molar-refractivity contribution in [3.05, 3.63) is 45.0 Å². The number of furan rings is 1. The molecule has 1 atom stereocenters. The van der Waals surface area contributed by atoms with Gasteiger partial charge in [-0.1, -0.05) is 0 Å². The van der Waals surface area contributed by atoms with Crippen molar-refractivity contribution in [1.82, 2.24) is 5.32 Å². The zero-order valence-electron chi connectivity index (χ0n) is 8.72. The third-order valence-corrected chi connectivity index (χ3v) is 3.79. The number of aliphatic hydroxyl groups is 1. The van der Waals surface area contributed by atoms with Gasteiger partial charge in [0.25, 0.3) is 5.91 Å². The van der Waals surface area contributed by atoms with Crippen molar-refractivity contribution in [3.8, 4) is 0 Å². The third-order valence-electron chi connectivity index (χ3n) is 2.17. The summed E-state index contributed by atoms with van der Waals surface area (Å²) in [5, 5.41) is 11.9. The second-order valence-electron chi connectivity index (χ2n) is 3.33. The van der Waals surface area contributed by atoms with Gasteiger partial charge in [0.1, 0.15) is 11.8 Å².